The number of hydrogen-bond donors (Lipinski definition) is 1. The highest BCUT2D eigenvalue weighted by Gasteiger charge is 2.12. The predicted molar refractivity (Wildman–Crippen MR) is 113 cm³/mol. The van der Waals surface area contributed by atoms with Crippen molar-refractivity contribution in [3.05, 3.63) is 71.8 Å². The molecule has 2 rings (SSSR count). The minimum absolute atomic E-state index is 0.133. The second-order valence-corrected chi connectivity index (χ2v) is 6.43. The molecule has 148 valence electrons. The number of carbonyl (C=O) groups excluding carboxylic acids is 1. The monoisotopic (exact) mass is 380 g/mol. The van der Waals surface area contributed by atoms with Crippen LogP contribution in [0.25, 0.3) is 6.08 Å². The summed E-state index contributed by atoms with van der Waals surface area (Å²) in [5.74, 6) is 1.51. The van der Waals surface area contributed by atoms with Crippen LogP contribution in [-0.2, 0) is 6.42 Å². The smallest absolute Gasteiger partial charge is 0.185 e. The summed E-state index contributed by atoms with van der Waals surface area (Å²) in [6.07, 6.45) is 7.55. The Kier molecular flexibility index (Phi) is 8.35. The molecule has 4 nitrogen and oxygen atoms in total. The number of phenolic OH excluding ortho intramolecular Hbond substituents is 1. The van der Waals surface area contributed by atoms with Crippen LogP contribution in [0.2, 0.25) is 0 Å². The van der Waals surface area contributed by atoms with E-state index in [-0.39, 0.29) is 11.5 Å². The van der Waals surface area contributed by atoms with E-state index in [9.17, 15) is 9.90 Å². The van der Waals surface area contributed by atoms with Gasteiger partial charge in [0, 0.05) is 11.1 Å². The van der Waals surface area contributed by atoms with Gasteiger partial charge in [-0.2, -0.15) is 0 Å². The number of aromatic hydroxyl groups is 1. The lowest BCUT2D eigenvalue weighted by Crippen LogP contribution is -2.04. The zero-order valence-corrected chi connectivity index (χ0v) is 16.6. The van der Waals surface area contributed by atoms with Crippen LogP contribution < -0.4 is 9.47 Å². The third kappa shape index (κ3) is 6.02. The van der Waals surface area contributed by atoms with E-state index >= 15 is 0 Å². The van der Waals surface area contributed by atoms with Crippen molar-refractivity contribution < 1.29 is 19.4 Å². The summed E-state index contributed by atoms with van der Waals surface area (Å²) < 4.78 is 11.9. The van der Waals surface area contributed by atoms with Crippen LogP contribution >= 0.6 is 0 Å². The van der Waals surface area contributed by atoms with E-state index < -0.39 is 0 Å². The Morgan fingerprint density at radius 3 is 2.11 bits per heavy atom. The summed E-state index contributed by atoms with van der Waals surface area (Å²) in [5, 5.41) is 9.35. The highest BCUT2D eigenvalue weighted by Crippen LogP contribution is 2.32. The van der Waals surface area contributed by atoms with E-state index in [1.165, 1.54) is 18.2 Å². The minimum atomic E-state index is -0.137. The van der Waals surface area contributed by atoms with Crippen LogP contribution in [0.5, 0.6) is 17.2 Å². The summed E-state index contributed by atoms with van der Waals surface area (Å²) in [5.41, 5.74) is 2.32. The molecule has 2 aromatic carbocycles. The van der Waals surface area contributed by atoms with Crippen molar-refractivity contribution in [3.8, 4) is 17.2 Å². The number of ether oxygens (including phenoxy) is 2. The Labute approximate surface area is 167 Å². The number of ketones is 1. The van der Waals surface area contributed by atoms with E-state index in [1.54, 1.807) is 18.2 Å². The fourth-order valence-corrected chi connectivity index (χ4v) is 2.66. The summed E-state index contributed by atoms with van der Waals surface area (Å²) in [4.78, 5) is 12.4. The van der Waals surface area contributed by atoms with Gasteiger partial charge in [0.1, 0.15) is 17.2 Å². The third-order valence-corrected chi connectivity index (χ3v) is 4.04. The topological polar surface area (TPSA) is 55.8 Å². The van der Waals surface area contributed by atoms with Crippen LogP contribution in [0, 0.1) is 0 Å². The number of benzene rings is 2. The average molecular weight is 380 g/mol. The summed E-state index contributed by atoms with van der Waals surface area (Å²) >= 11 is 0. The highest BCUT2D eigenvalue weighted by atomic mass is 16.5. The predicted octanol–water partition coefficient (Wildman–Crippen LogP) is 5.59. The van der Waals surface area contributed by atoms with Crippen molar-refractivity contribution in [2.45, 2.75) is 33.1 Å². The van der Waals surface area contributed by atoms with Crippen LogP contribution in [0.15, 0.2) is 55.1 Å². The molecule has 1 N–H and O–H groups in total. The summed E-state index contributed by atoms with van der Waals surface area (Å²) in [6, 6.07) is 10.0. The van der Waals surface area contributed by atoms with Crippen molar-refractivity contribution in [3.63, 3.8) is 0 Å². The molecule has 0 fully saturated rings. The number of allylic oxidation sites excluding steroid dienone is 2. The van der Waals surface area contributed by atoms with Gasteiger partial charge in [-0.05, 0) is 67.3 Å². The summed E-state index contributed by atoms with van der Waals surface area (Å²) in [7, 11) is 0. The Morgan fingerprint density at radius 2 is 1.61 bits per heavy atom. The van der Waals surface area contributed by atoms with E-state index in [0.29, 0.717) is 25.2 Å². The fraction of sp³-hybridized carbons (Fsp3) is 0.292. The Balaban J connectivity index is 2.34. The molecule has 0 amide bonds. The lowest BCUT2D eigenvalue weighted by Gasteiger charge is -2.16. The Morgan fingerprint density at radius 1 is 1.04 bits per heavy atom. The maximum atomic E-state index is 12.4. The SMILES string of the molecule is C=CCc1c(OCCC)cc(/C=C/C(=O)c2ccc(O)cc2)cc1OCCC. The Hall–Kier alpha value is -3.01. The average Bonchev–Trinajstić information content (AvgIpc) is 2.71. The van der Waals surface area contributed by atoms with Crippen molar-refractivity contribution >= 4 is 11.9 Å². The fourth-order valence-electron chi connectivity index (χ4n) is 2.66. The first-order valence-electron chi connectivity index (χ1n) is 9.63. The van der Waals surface area contributed by atoms with Gasteiger partial charge in [0.2, 0.25) is 0 Å². The number of hydrogen-bond acceptors (Lipinski definition) is 4. The molecule has 0 aromatic heterocycles. The second kappa shape index (κ2) is 11.0. The van der Waals surface area contributed by atoms with Crippen LogP contribution in [-0.4, -0.2) is 24.1 Å². The summed E-state index contributed by atoms with van der Waals surface area (Å²) in [6.45, 7) is 9.16. The molecular weight excluding hydrogens is 352 g/mol. The molecule has 28 heavy (non-hydrogen) atoms. The number of carbonyl (C=O) groups is 1. The normalized spacial score (nSPS) is 10.8. The van der Waals surface area contributed by atoms with Gasteiger partial charge in [0.25, 0.3) is 0 Å². The largest absolute Gasteiger partial charge is 0.508 e. The second-order valence-electron chi connectivity index (χ2n) is 6.43. The molecule has 4 heteroatoms. The molecule has 0 radical (unpaired) electrons. The molecule has 0 aliphatic carbocycles. The van der Waals surface area contributed by atoms with Crippen LogP contribution in [0.3, 0.4) is 0 Å². The minimum Gasteiger partial charge on any atom is -0.508 e. The van der Waals surface area contributed by atoms with E-state index in [4.69, 9.17) is 9.47 Å². The van der Waals surface area contributed by atoms with Gasteiger partial charge in [-0.3, -0.25) is 4.79 Å². The van der Waals surface area contributed by atoms with Gasteiger partial charge >= 0.3 is 0 Å². The maximum absolute atomic E-state index is 12.4. The molecule has 0 spiro atoms. The molecule has 0 bridgehead atoms. The zero-order chi connectivity index (χ0) is 20.4. The van der Waals surface area contributed by atoms with Crippen molar-refractivity contribution in [1.29, 1.82) is 0 Å². The molecular formula is C24H28O4. The Bertz CT molecular complexity index is 790. The van der Waals surface area contributed by atoms with E-state index in [1.807, 2.05) is 18.2 Å². The highest BCUT2D eigenvalue weighted by molar-refractivity contribution is 6.06. The van der Waals surface area contributed by atoms with Gasteiger partial charge in [-0.1, -0.05) is 26.0 Å². The first-order valence-corrected chi connectivity index (χ1v) is 9.63. The lowest BCUT2D eigenvalue weighted by molar-refractivity contribution is 0.104. The van der Waals surface area contributed by atoms with E-state index in [2.05, 4.69) is 20.4 Å². The lowest BCUT2D eigenvalue weighted by atomic mass is 10.0. The van der Waals surface area contributed by atoms with Gasteiger partial charge < -0.3 is 14.6 Å². The third-order valence-electron chi connectivity index (χ3n) is 4.04. The van der Waals surface area contributed by atoms with Crippen molar-refractivity contribution in [2.24, 2.45) is 0 Å². The first kappa shape index (κ1) is 21.3. The first-order chi connectivity index (χ1) is 13.6. The van der Waals surface area contributed by atoms with Crippen LogP contribution in [0.4, 0.5) is 0 Å². The standard InChI is InChI=1S/C24H28O4/c1-4-7-21-23(27-14-5-2)16-18(17-24(21)28-15-6-3)8-13-22(26)19-9-11-20(25)12-10-19/h4,8-13,16-17,25H,1,5-7,14-15H2,2-3H3/b13-8+. The molecule has 0 aliphatic rings. The molecule has 0 heterocycles. The molecule has 0 saturated heterocycles. The van der Waals surface area contributed by atoms with Gasteiger partial charge in [-0.15, -0.1) is 6.58 Å². The number of rotatable bonds is 11. The molecule has 0 atom stereocenters. The van der Waals surface area contributed by atoms with Crippen LogP contribution in [0.1, 0.15) is 48.2 Å². The van der Waals surface area contributed by atoms with Gasteiger partial charge in [0.15, 0.2) is 5.78 Å². The maximum Gasteiger partial charge on any atom is 0.185 e. The molecule has 0 saturated carbocycles. The number of phenols is 1. The zero-order valence-electron chi connectivity index (χ0n) is 16.6. The van der Waals surface area contributed by atoms with E-state index in [0.717, 1.165) is 35.5 Å². The van der Waals surface area contributed by atoms with Crippen molar-refractivity contribution in [1.82, 2.24) is 0 Å². The van der Waals surface area contributed by atoms with Gasteiger partial charge in [0.05, 0.1) is 13.2 Å². The molecule has 2 aromatic rings. The van der Waals surface area contributed by atoms with Crippen molar-refractivity contribution in [2.75, 3.05) is 13.2 Å². The molecule has 0 unspecified atom stereocenters. The quantitative estimate of drug-likeness (QED) is 0.313. The molecule has 0 aliphatic heterocycles. The van der Waals surface area contributed by atoms with Gasteiger partial charge in [-0.25, -0.2) is 0 Å².